The summed E-state index contributed by atoms with van der Waals surface area (Å²) in [4.78, 5) is 4.84. The monoisotopic (exact) mass is 419 g/mol. The van der Waals surface area contributed by atoms with Crippen LogP contribution >= 0.6 is 0 Å². The first-order valence-corrected chi connectivity index (χ1v) is 11.5. The van der Waals surface area contributed by atoms with Crippen molar-refractivity contribution < 1.29 is 9.31 Å². The molecule has 31 heavy (non-hydrogen) atoms. The highest BCUT2D eigenvalue weighted by atomic mass is 16.7. The molecule has 1 aliphatic carbocycles. The van der Waals surface area contributed by atoms with Gasteiger partial charge in [-0.1, -0.05) is 53.7 Å². The standard InChI is InChI=1S/C27H38BNO2/c1-17-14-22(29-16-21(17)28-30-26(8,9)27(10,11)31-28)18-12-13-19-20(15-18)24(4,5)25(6,7)23(19,2)3/h12-16H,1-11H3. The van der Waals surface area contributed by atoms with Crippen molar-refractivity contribution in [1.29, 1.82) is 0 Å². The molecule has 1 saturated heterocycles. The molecule has 3 nitrogen and oxygen atoms in total. The zero-order valence-corrected chi connectivity index (χ0v) is 21.2. The molecule has 4 rings (SSSR count). The first kappa shape index (κ1) is 22.5. The van der Waals surface area contributed by atoms with Crippen LogP contribution in [0.5, 0.6) is 0 Å². The Morgan fingerprint density at radius 3 is 1.84 bits per heavy atom. The minimum Gasteiger partial charge on any atom is -0.399 e. The zero-order chi connectivity index (χ0) is 23.2. The molecule has 2 heterocycles. The predicted molar refractivity (Wildman–Crippen MR) is 130 cm³/mol. The fourth-order valence-electron chi connectivity index (χ4n) is 5.16. The Labute approximate surface area is 189 Å². The second kappa shape index (κ2) is 6.45. The van der Waals surface area contributed by atoms with Gasteiger partial charge in [0, 0.05) is 17.2 Å². The number of hydrogen-bond donors (Lipinski definition) is 0. The Hall–Kier alpha value is -1.65. The Kier molecular flexibility index (Phi) is 4.69. The van der Waals surface area contributed by atoms with Gasteiger partial charge in [-0.15, -0.1) is 0 Å². The second-order valence-electron chi connectivity index (χ2n) is 12.1. The third kappa shape index (κ3) is 2.98. The van der Waals surface area contributed by atoms with Gasteiger partial charge in [-0.3, -0.25) is 4.98 Å². The molecule has 0 spiro atoms. The SMILES string of the molecule is Cc1cc(-c2ccc3c(c2)C(C)(C)C(C)(C)C3(C)C)ncc1B1OC(C)(C)C(C)(C)O1. The van der Waals surface area contributed by atoms with Crippen molar-refractivity contribution in [3.63, 3.8) is 0 Å². The minimum absolute atomic E-state index is 0.0829. The van der Waals surface area contributed by atoms with E-state index in [1.807, 2.05) is 6.20 Å². The summed E-state index contributed by atoms with van der Waals surface area (Å²) in [6.07, 6.45) is 1.93. The van der Waals surface area contributed by atoms with E-state index >= 15 is 0 Å². The molecule has 1 fully saturated rings. The summed E-state index contributed by atoms with van der Waals surface area (Å²) < 4.78 is 12.5. The van der Waals surface area contributed by atoms with Crippen molar-refractivity contribution >= 4 is 12.6 Å². The van der Waals surface area contributed by atoms with Gasteiger partial charge in [0.15, 0.2) is 0 Å². The third-order valence-electron chi connectivity index (χ3n) is 9.45. The fraction of sp³-hybridized carbons (Fsp3) is 0.593. The van der Waals surface area contributed by atoms with Gasteiger partial charge in [-0.2, -0.15) is 0 Å². The number of rotatable bonds is 2. The van der Waals surface area contributed by atoms with Crippen LogP contribution in [0, 0.1) is 12.3 Å². The molecular formula is C27H38BNO2. The Morgan fingerprint density at radius 1 is 0.742 bits per heavy atom. The van der Waals surface area contributed by atoms with E-state index in [1.54, 1.807) is 0 Å². The number of fused-ring (bicyclic) bond motifs is 1. The molecule has 0 bridgehead atoms. The van der Waals surface area contributed by atoms with Gasteiger partial charge in [0.05, 0.1) is 16.9 Å². The van der Waals surface area contributed by atoms with Crippen LogP contribution in [0.3, 0.4) is 0 Å². The van der Waals surface area contributed by atoms with E-state index in [0.29, 0.717) is 0 Å². The molecule has 1 aromatic carbocycles. The molecule has 2 aliphatic rings. The zero-order valence-electron chi connectivity index (χ0n) is 21.2. The average molecular weight is 419 g/mol. The van der Waals surface area contributed by atoms with Gasteiger partial charge in [0.2, 0.25) is 0 Å². The highest BCUT2D eigenvalue weighted by molar-refractivity contribution is 6.62. The number of aromatic nitrogens is 1. The minimum atomic E-state index is -0.382. The van der Waals surface area contributed by atoms with Gasteiger partial charge >= 0.3 is 7.12 Å². The van der Waals surface area contributed by atoms with E-state index in [9.17, 15) is 0 Å². The molecule has 166 valence electrons. The molecule has 2 aromatic rings. The summed E-state index contributed by atoms with van der Waals surface area (Å²) in [5, 5.41) is 0. The molecule has 0 radical (unpaired) electrons. The van der Waals surface area contributed by atoms with Crippen LogP contribution in [0.15, 0.2) is 30.5 Å². The number of aryl methyl sites for hydroxylation is 1. The van der Waals surface area contributed by atoms with Crippen LogP contribution in [-0.4, -0.2) is 23.3 Å². The van der Waals surface area contributed by atoms with E-state index in [2.05, 4.69) is 100 Å². The highest BCUT2D eigenvalue weighted by Crippen LogP contribution is 2.61. The molecule has 0 amide bonds. The largest absolute Gasteiger partial charge is 0.496 e. The van der Waals surface area contributed by atoms with E-state index in [0.717, 1.165) is 16.7 Å². The number of nitrogens with zero attached hydrogens (tertiary/aromatic N) is 1. The quantitative estimate of drug-likeness (QED) is 0.564. The summed E-state index contributed by atoms with van der Waals surface area (Å²) in [5.74, 6) is 0. The third-order valence-corrected chi connectivity index (χ3v) is 9.45. The topological polar surface area (TPSA) is 31.4 Å². The maximum Gasteiger partial charge on any atom is 0.496 e. The molecule has 1 aliphatic heterocycles. The van der Waals surface area contributed by atoms with Crippen molar-refractivity contribution in [2.75, 3.05) is 0 Å². The summed E-state index contributed by atoms with van der Waals surface area (Å²) in [5.41, 5.74) is 6.87. The summed E-state index contributed by atoms with van der Waals surface area (Å²) in [6, 6.07) is 9.08. The van der Waals surface area contributed by atoms with Crippen LogP contribution in [0.1, 0.15) is 85.9 Å². The molecule has 0 N–H and O–H groups in total. The maximum atomic E-state index is 6.25. The van der Waals surface area contributed by atoms with Crippen molar-refractivity contribution in [1.82, 2.24) is 4.98 Å². The van der Waals surface area contributed by atoms with E-state index in [-0.39, 0.29) is 34.6 Å². The van der Waals surface area contributed by atoms with Gasteiger partial charge < -0.3 is 9.31 Å². The maximum absolute atomic E-state index is 6.25. The summed E-state index contributed by atoms with van der Waals surface area (Å²) >= 11 is 0. The summed E-state index contributed by atoms with van der Waals surface area (Å²) in [6.45, 7) is 24.8. The van der Waals surface area contributed by atoms with Crippen LogP contribution < -0.4 is 5.46 Å². The van der Waals surface area contributed by atoms with Crippen LogP contribution in [0.25, 0.3) is 11.3 Å². The van der Waals surface area contributed by atoms with Crippen molar-refractivity contribution in [2.24, 2.45) is 5.41 Å². The Balaban J connectivity index is 1.72. The van der Waals surface area contributed by atoms with Crippen molar-refractivity contribution in [3.05, 3.63) is 47.2 Å². The van der Waals surface area contributed by atoms with Gasteiger partial charge in [0.25, 0.3) is 0 Å². The lowest BCUT2D eigenvalue weighted by Gasteiger charge is -2.44. The average Bonchev–Trinajstić information content (AvgIpc) is 2.92. The summed E-state index contributed by atoms with van der Waals surface area (Å²) in [7, 11) is -0.382. The Morgan fingerprint density at radius 2 is 1.29 bits per heavy atom. The molecule has 1 aromatic heterocycles. The lowest BCUT2D eigenvalue weighted by Crippen LogP contribution is -2.42. The number of pyridine rings is 1. The van der Waals surface area contributed by atoms with Crippen molar-refractivity contribution in [3.8, 4) is 11.3 Å². The smallest absolute Gasteiger partial charge is 0.399 e. The Bertz CT molecular complexity index is 1030. The fourth-order valence-corrected chi connectivity index (χ4v) is 5.16. The predicted octanol–water partition coefficient (Wildman–Crippen LogP) is 5.95. The number of hydrogen-bond acceptors (Lipinski definition) is 3. The van der Waals surface area contributed by atoms with Gasteiger partial charge in [-0.25, -0.2) is 0 Å². The van der Waals surface area contributed by atoms with Gasteiger partial charge in [0.1, 0.15) is 0 Å². The van der Waals surface area contributed by atoms with Crippen LogP contribution in [0.2, 0.25) is 0 Å². The first-order valence-electron chi connectivity index (χ1n) is 11.5. The normalized spacial score (nSPS) is 24.3. The second-order valence-corrected chi connectivity index (χ2v) is 12.1. The van der Waals surface area contributed by atoms with Crippen molar-refractivity contribution in [2.45, 2.75) is 98.2 Å². The molecule has 0 atom stereocenters. The first-order chi connectivity index (χ1) is 14.0. The highest BCUT2D eigenvalue weighted by Gasteiger charge is 2.56. The molecule has 0 unspecified atom stereocenters. The lowest BCUT2D eigenvalue weighted by atomic mass is 9.59. The molecular weight excluding hydrogens is 381 g/mol. The lowest BCUT2D eigenvalue weighted by molar-refractivity contribution is 0.00578. The van der Waals surface area contributed by atoms with Crippen LogP contribution in [0.4, 0.5) is 0 Å². The number of benzene rings is 1. The molecule has 0 saturated carbocycles. The van der Waals surface area contributed by atoms with Crippen LogP contribution in [-0.2, 0) is 20.1 Å². The van der Waals surface area contributed by atoms with E-state index in [1.165, 1.54) is 16.7 Å². The van der Waals surface area contributed by atoms with E-state index in [4.69, 9.17) is 14.3 Å². The van der Waals surface area contributed by atoms with Gasteiger partial charge in [-0.05, 0) is 79.7 Å². The molecule has 4 heteroatoms. The van der Waals surface area contributed by atoms with E-state index < -0.39 is 0 Å².